The number of nitrogens with two attached hydrogens (primary N) is 1. The van der Waals surface area contributed by atoms with Crippen LogP contribution in [0.4, 0.5) is 5.69 Å². The van der Waals surface area contributed by atoms with E-state index in [0.29, 0.717) is 6.42 Å². The highest BCUT2D eigenvalue weighted by Gasteiger charge is 2.12. The van der Waals surface area contributed by atoms with Crippen LogP contribution in [-0.4, -0.2) is 31.2 Å². The number of rotatable bonds is 4. The van der Waals surface area contributed by atoms with Crippen LogP contribution >= 0.6 is 0 Å². The first-order valence-corrected chi connectivity index (χ1v) is 4.75. The Balaban J connectivity index is 2.78. The second-order valence-electron chi connectivity index (χ2n) is 3.71. The first-order chi connectivity index (χ1) is 7.00. The van der Waals surface area contributed by atoms with Gasteiger partial charge < -0.3 is 15.7 Å². The maximum absolute atomic E-state index is 10.6. The van der Waals surface area contributed by atoms with E-state index in [1.165, 1.54) is 0 Å². The van der Waals surface area contributed by atoms with Crippen LogP contribution in [0.3, 0.4) is 0 Å². The minimum Gasteiger partial charge on any atom is -0.480 e. The molecular formula is C11H16N2O2. The van der Waals surface area contributed by atoms with E-state index in [0.717, 1.165) is 11.3 Å². The van der Waals surface area contributed by atoms with E-state index in [4.69, 9.17) is 10.8 Å². The van der Waals surface area contributed by atoms with Crippen LogP contribution in [0.1, 0.15) is 5.56 Å². The molecule has 1 atom stereocenters. The maximum Gasteiger partial charge on any atom is 0.320 e. The summed E-state index contributed by atoms with van der Waals surface area (Å²) in [7, 11) is 3.88. The Hall–Kier alpha value is -1.55. The van der Waals surface area contributed by atoms with E-state index in [2.05, 4.69) is 0 Å². The summed E-state index contributed by atoms with van der Waals surface area (Å²) in [6.45, 7) is 0. The highest BCUT2D eigenvalue weighted by atomic mass is 16.4. The lowest BCUT2D eigenvalue weighted by Gasteiger charge is -2.14. The highest BCUT2D eigenvalue weighted by Crippen LogP contribution is 2.14. The van der Waals surface area contributed by atoms with Gasteiger partial charge in [0.1, 0.15) is 6.04 Å². The molecule has 1 aromatic rings. The van der Waals surface area contributed by atoms with Crippen molar-refractivity contribution in [2.75, 3.05) is 19.0 Å². The first kappa shape index (κ1) is 11.5. The van der Waals surface area contributed by atoms with Gasteiger partial charge in [-0.1, -0.05) is 12.1 Å². The summed E-state index contributed by atoms with van der Waals surface area (Å²) >= 11 is 0. The molecule has 0 saturated carbocycles. The molecule has 0 saturated heterocycles. The maximum atomic E-state index is 10.6. The van der Waals surface area contributed by atoms with E-state index < -0.39 is 12.0 Å². The zero-order valence-electron chi connectivity index (χ0n) is 8.97. The largest absolute Gasteiger partial charge is 0.480 e. The topological polar surface area (TPSA) is 66.6 Å². The van der Waals surface area contributed by atoms with E-state index >= 15 is 0 Å². The lowest BCUT2D eigenvalue weighted by molar-refractivity contribution is -0.138. The van der Waals surface area contributed by atoms with Gasteiger partial charge in [0, 0.05) is 19.8 Å². The van der Waals surface area contributed by atoms with Crippen molar-refractivity contribution in [1.29, 1.82) is 0 Å². The Morgan fingerprint density at radius 2 is 2.20 bits per heavy atom. The number of nitrogens with zero attached hydrogens (tertiary/aromatic N) is 1. The molecule has 0 amide bonds. The van der Waals surface area contributed by atoms with Crippen LogP contribution in [0, 0.1) is 0 Å². The monoisotopic (exact) mass is 208 g/mol. The predicted octanol–water partition coefficient (Wildman–Crippen LogP) is 0.707. The number of hydrogen-bond acceptors (Lipinski definition) is 3. The fourth-order valence-electron chi connectivity index (χ4n) is 1.30. The summed E-state index contributed by atoms with van der Waals surface area (Å²) in [6, 6.07) is 6.87. The van der Waals surface area contributed by atoms with Crippen molar-refractivity contribution in [2.24, 2.45) is 5.73 Å². The van der Waals surface area contributed by atoms with Crippen LogP contribution < -0.4 is 10.6 Å². The smallest absolute Gasteiger partial charge is 0.320 e. The fourth-order valence-corrected chi connectivity index (χ4v) is 1.30. The Bertz CT molecular complexity index is 350. The molecule has 1 aromatic carbocycles. The third kappa shape index (κ3) is 3.25. The van der Waals surface area contributed by atoms with E-state index in [9.17, 15) is 4.79 Å². The lowest BCUT2D eigenvalue weighted by Crippen LogP contribution is -2.32. The molecule has 0 spiro atoms. The number of carboxylic acid groups (broad SMARTS) is 1. The predicted molar refractivity (Wildman–Crippen MR) is 60.1 cm³/mol. The Kier molecular flexibility index (Phi) is 3.68. The highest BCUT2D eigenvalue weighted by molar-refractivity contribution is 5.73. The van der Waals surface area contributed by atoms with Crippen molar-refractivity contribution in [3.8, 4) is 0 Å². The van der Waals surface area contributed by atoms with Crippen LogP contribution in [0.25, 0.3) is 0 Å². The molecule has 1 rings (SSSR count). The molecule has 0 heterocycles. The van der Waals surface area contributed by atoms with Gasteiger partial charge in [0.05, 0.1) is 0 Å². The van der Waals surface area contributed by atoms with Gasteiger partial charge in [-0.15, -0.1) is 0 Å². The molecule has 4 nitrogen and oxygen atoms in total. The molecule has 0 bridgehead atoms. The molecule has 0 aliphatic carbocycles. The van der Waals surface area contributed by atoms with E-state index in [1.54, 1.807) is 0 Å². The Labute approximate surface area is 89.3 Å². The molecule has 0 unspecified atom stereocenters. The van der Waals surface area contributed by atoms with Crippen LogP contribution in [0.15, 0.2) is 24.3 Å². The zero-order chi connectivity index (χ0) is 11.4. The third-order valence-corrected chi connectivity index (χ3v) is 2.20. The van der Waals surface area contributed by atoms with Gasteiger partial charge in [-0.05, 0) is 24.1 Å². The van der Waals surface area contributed by atoms with E-state index in [1.807, 2.05) is 43.3 Å². The number of carbonyl (C=O) groups is 1. The average molecular weight is 208 g/mol. The fraction of sp³-hybridized carbons (Fsp3) is 0.364. The summed E-state index contributed by atoms with van der Waals surface area (Å²) in [5.74, 6) is -0.967. The molecule has 0 radical (unpaired) electrons. The molecule has 82 valence electrons. The summed E-state index contributed by atoms with van der Waals surface area (Å²) in [4.78, 5) is 12.6. The van der Waals surface area contributed by atoms with Crippen LogP contribution in [0.2, 0.25) is 0 Å². The number of hydrogen-bond donors (Lipinski definition) is 2. The van der Waals surface area contributed by atoms with Gasteiger partial charge in [-0.2, -0.15) is 0 Å². The SMILES string of the molecule is CN(C)c1cccc(C[C@@H](N)C(=O)O)c1. The average Bonchev–Trinajstić information content (AvgIpc) is 2.18. The summed E-state index contributed by atoms with van der Waals surface area (Å²) in [6.07, 6.45) is 0.358. The standard InChI is InChI=1S/C11H16N2O2/c1-13(2)9-5-3-4-8(6-9)7-10(12)11(14)15/h3-6,10H,7,12H2,1-2H3,(H,14,15)/t10-/m1/s1. The quantitative estimate of drug-likeness (QED) is 0.764. The molecular weight excluding hydrogens is 192 g/mol. The van der Waals surface area contributed by atoms with Crippen molar-refractivity contribution in [3.63, 3.8) is 0 Å². The molecule has 3 N–H and O–H groups in total. The Morgan fingerprint density at radius 1 is 1.53 bits per heavy atom. The summed E-state index contributed by atoms with van der Waals surface area (Å²) in [5, 5.41) is 8.69. The molecule has 0 aliphatic heterocycles. The van der Waals surface area contributed by atoms with Crippen LogP contribution in [-0.2, 0) is 11.2 Å². The van der Waals surface area contributed by atoms with Crippen molar-refractivity contribution in [1.82, 2.24) is 0 Å². The van der Waals surface area contributed by atoms with Gasteiger partial charge in [0.2, 0.25) is 0 Å². The van der Waals surface area contributed by atoms with Crippen molar-refractivity contribution in [2.45, 2.75) is 12.5 Å². The second kappa shape index (κ2) is 4.79. The molecule has 15 heavy (non-hydrogen) atoms. The van der Waals surface area contributed by atoms with Crippen molar-refractivity contribution >= 4 is 11.7 Å². The van der Waals surface area contributed by atoms with Gasteiger partial charge in [0.25, 0.3) is 0 Å². The van der Waals surface area contributed by atoms with E-state index in [-0.39, 0.29) is 0 Å². The van der Waals surface area contributed by atoms with Crippen LogP contribution in [0.5, 0.6) is 0 Å². The first-order valence-electron chi connectivity index (χ1n) is 4.75. The van der Waals surface area contributed by atoms with Gasteiger partial charge >= 0.3 is 5.97 Å². The summed E-state index contributed by atoms with van der Waals surface area (Å²) < 4.78 is 0. The van der Waals surface area contributed by atoms with Gasteiger partial charge in [-0.3, -0.25) is 4.79 Å². The van der Waals surface area contributed by atoms with Gasteiger partial charge in [0.15, 0.2) is 0 Å². The number of aliphatic carboxylic acids is 1. The third-order valence-electron chi connectivity index (χ3n) is 2.20. The minimum absolute atomic E-state index is 0.358. The number of anilines is 1. The normalized spacial score (nSPS) is 12.2. The summed E-state index contributed by atoms with van der Waals surface area (Å²) in [5.41, 5.74) is 7.45. The number of carboxylic acids is 1. The zero-order valence-corrected chi connectivity index (χ0v) is 8.97. The van der Waals surface area contributed by atoms with Crippen molar-refractivity contribution in [3.05, 3.63) is 29.8 Å². The molecule has 0 fully saturated rings. The Morgan fingerprint density at radius 3 is 2.73 bits per heavy atom. The molecule has 0 aliphatic rings. The molecule has 4 heteroatoms. The number of benzene rings is 1. The van der Waals surface area contributed by atoms with Crippen molar-refractivity contribution < 1.29 is 9.90 Å². The van der Waals surface area contributed by atoms with Gasteiger partial charge in [-0.25, -0.2) is 0 Å². The lowest BCUT2D eigenvalue weighted by atomic mass is 10.1. The minimum atomic E-state index is -0.967. The second-order valence-corrected chi connectivity index (χ2v) is 3.71. The molecule has 0 aromatic heterocycles.